The summed E-state index contributed by atoms with van der Waals surface area (Å²) >= 11 is 11.7. The van der Waals surface area contributed by atoms with Crippen LogP contribution in [0.2, 0.25) is 10.0 Å². The number of nitrogens with zero attached hydrogens (tertiary/aromatic N) is 2. The fourth-order valence-electron chi connectivity index (χ4n) is 1.70. The summed E-state index contributed by atoms with van der Waals surface area (Å²) in [7, 11) is 0. The summed E-state index contributed by atoms with van der Waals surface area (Å²) in [5.41, 5.74) is 8.18. The molecule has 7 nitrogen and oxygen atoms in total. The van der Waals surface area contributed by atoms with Crippen LogP contribution in [0.15, 0.2) is 41.5 Å². The highest BCUT2D eigenvalue weighted by atomic mass is 35.5. The number of non-ortho nitro benzene ring substituents is 1. The second-order valence-electron chi connectivity index (χ2n) is 4.44. The third-order valence-electron chi connectivity index (χ3n) is 2.75. The third-order valence-corrected chi connectivity index (χ3v) is 3.31. The Balaban J connectivity index is 2.13. The van der Waals surface area contributed by atoms with Gasteiger partial charge in [-0.05, 0) is 18.2 Å². The highest BCUT2D eigenvalue weighted by molar-refractivity contribution is 6.36. The second kappa shape index (κ2) is 7.08. The average molecular weight is 353 g/mol. The number of hydrazone groups is 1. The largest absolute Gasteiger partial charge is 0.399 e. The summed E-state index contributed by atoms with van der Waals surface area (Å²) < 4.78 is 0. The molecule has 0 saturated carbocycles. The number of nitro benzene ring substituents is 1. The summed E-state index contributed by atoms with van der Waals surface area (Å²) in [6, 6.07) is 8.37. The first-order valence-electron chi connectivity index (χ1n) is 6.20. The molecule has 0 fully saturated rings. The zero-order valence-electron chi connectivity index (χ0n) is 11.5. The summed E-state index contributed by atoms with van der Waals surface area (Å²) in [6.45, 7) is 0. The van der Waals surface area contributed by atoms with Crippen LogP contribution in [0.3, 0.4) is 0 Å². The normalized spacial score (nSPS) is 10.7. The van der Waals surface area contributed by atoms with E-state index in [-0.39, 0.29) is 16.9 Å². The number of nitrogens with two attached hydrogens (primary N) is 1. The molecule has 0 aliphatic rings. The molecule has 118 valence electrons. The Hall–Kier alpha value is -2.64. The zero-order valence-corrected chi connectivity index (χ0v) is 13.0. The van der Waals surface area contributed by atoms with Gasteiger partial charge in [-0.1, -0.05) is 29.3 Å². The van der Waals surface area contributed by atoms with Crippen LogP contribution in [0.25, 0.3) is 0 Å². The number of halogens is 2. The molecule has 2 rings (SSSR count). The van der Waals surface area contributed by atoms with Crippen molar-refractivity contribution < 1.29 is 9.72 Å². The number of hydrogen-bond donors (Lipinski definition) is 2. The van der Waals surface area contributed by atoms with E-state index in [9.17, 15) is 14.9 Å². The van der Waals surface area contributed by atoms with Crippen LogP contribution >= 0.6 is 23.2 Å². The second-order valence-corrected chi connectivity index (χ2v) is 5.28. The lowest BCUT2D eigenvalue weighted by molar-refractivity contribution is -0.384. The first-order chi connectivity index (χ1) is 10.9. The van der Waals surface area contributed by atoms with E-state index in [0.717, 1.165) is 12.1 Å². The van der Waals surface area contributed by atoms with Gasteiger partial charge in [0.05, 0.1) is 21.7 Å². The molecule has 0 heterocycles. The van der Waals surface area contributed by atoms with Crippen molar-refractivity contribution in [3.63, 3.8) is 0 Å². The molecule has 0 atom stereocenters. The predicted molar refractivity (Wildman–Crippen MR) is 89.0 cm³/mol. The van der Waals surface area contributed by atoms with E-state index in [1.807, 2.05) is 0 Å². The topological polar surface area (TPSA) is 111 Å². The Morgan fingerprint density at radius 3 is 2.65 bits per heavy atom. The van der Waals surface area contributed by atoms with Crippen molar-refractivity contribution in [1.29, 1.82) is 0 Å². The summed E-state index contributed by atoms with van der Waals surface area (Å²) in [5, 5.41) is 15.4. The van der Waals surface area contributed by atoms with Gasteiger partial charge in [0.2, 0.25) is 0 Å². The Bertz CT molecular complexity index is 809. The van der Waals surface area contributed by atoms with Gasteiger partial charge in [-0.2, -0.15) is 5.10 Å². The van der Waals surface area contributed by atoms with E-state index in [4.69, 9.17) is 28.9 Å². The fourth-order valence-corrected chi connectivity index (χ4v) is 2.16. The quantitative estimate of drug-likeness (QED) is 0.380. The van der Waals surface area contributed by atoms with Crippen LogP contribution in [-0.4, -0.2) is 17.0 Å². The Kier molecular flexibility index (Phi) is 5.15. The standard InChI is InChI=1S/C14H10Cl2N4O3/c15-10-2-1-8(13(16)5-10)7-18-19-14(21)9-3-11(17)6-12(4-9)20(22)23/h1-7H,17H2,(H,19,21)/b18-7+. The van der Waals surface area contributed by atoms with Gasteiger partial charge in [-0.25, -0.2) is 5.43 Å². The molecule has 2 aromatic carbocycles. The fraction of sp³-hybridized carbons (Fsp3) is 0. The smallest absolute Gasteiger partial charge is 0.272 e. The van der Waals surface area contributed by atoms with Crippen molar-refractivity contribution >= 4 is 46.7 Å². The van der Waals surface area contributed by atoms with E-state index in [0.29, 0.717) is 15.6 Å². The highest BCUT2D eigenvalue weighted by Crippen LogP contribution is 2.20. The third kappa shape index (κ3) is 4.41. The van der Waals surface area contributed by atoms with Crippen molar-refractivity contribution in [3.05, 3.63) is 67.7 Å². The minimum Gasteiger partial charge on any atom is -0.399 e. The predicted octanol–water partition coefficient (Wildman–Crippen LogP) is 3.25. The van der Waals surface area contributed by atoms with E-state index in [1.54, 1.807) is 12.1 Å². The lowest BCUT2D eigenvalue weighted by atomic mass is 10.1. The first-order valence-corrected chi connectivity index (χ1v) is 6.96. The minimum absolute atomic E-state index is 0.0241. The molecule has 0 bridgehead atoms. The van der Waals surface area contributed by atoms with Gasteiger partial charge in [0, 0.05) is 28.4 Å². The molecule has 0 aromatic heterocycles. The maximum Gasteiger partial charge on any atom is 0.272 e. The molecule has 9 heteroatoms. The summed E-state index contributed by atoms with van der Waals surface area (Å²) in [4.78, 5) is 22.1. The van der Waals surface area contributed by atoms with Crippen LogP contribution in [0.5, 0.6) is 0 Å². The number of hydrogen-bond acceptors (Lipinski definition) is 5. The Labute approximate surface area is 140 Å². The van der Waals surface area contributed by atoms with Gasteiger partial charge in [0.15, 0.2) is 0 Å². The van der Waals surface area contributed by atoms with Crippen molar-refractivity contribution in [1.82, 2.24) is 5.43 Å². The molecule has 0 unspecified atom stereocenters. The molecule has 3 N–H and O–H groups in total. The average Bonchev–Trinajstić information content (AvgIpc) is 2.48. The number of nitrogens with one attached hydrogen (secondary N) is 1. The van der Waals surface area contributed by atoms with Crippen LogP contribution < -0.4 is 11.2 Å². The Morgan fingerprint density at radius 1 is 1.26 bits per heavy atom. The maximum atomic E-state index is 11.9. The van der Waals surface area contributed by atoms with E-state index in [1.165, 1.54) is 18.3 Å². The van der Waals surface area contributed by atoms with Gasteiger partial charge in [0.1, 0.15) is 0 Å². The molecule has 0 saturated heterocycles. The number of rotatable bonds is 4. The van der Waals surface area contributed by atoms with Crippen LogP contribution in [0.4, 0.5) is 11.4 Å². The van der Waals surface area contributed by atoms with E-state index < -0.39 is 10.8 Å². The van der Waals surface area contributed by atoms with Crippen molar-refractivity contribution in [2.45, 2.75) is 0 Å². The number of anilines is 1. The molecule has 2 aromatic rings. The number of carbonyl (C=O) groups excluding carboxylic acids is 1. The van der Waals surface area contributed by atoms with Crippen LogP contribution in [-0.2, 0) is 0 Å². The van der Waals surface area contributed by atoms with Crippen LogP contribution in [0, 0.1) is 10.1 Å². The van der Waals surface area contributed by atoms with Gasteiger partial charge in [-0.15, -0.1) is 0 Å². The summed E-state index contributed by atoms with van der Waals surface area (Å²) in [5.74, 6) is -0.637. The monoisotopic (exact) mass is 352 g/mol. The number of carbonyl (C=O) groups is 1. The molecule has 23 heavy (non-hydrogen) atoms. The minimum atomic E-state index is -0.637. The van der Waals surface area contributed by atoms with Crippen molar-refractivity contribution in [2.75, 3.05) is 5.73 Å². The van der Waals surface area contributed by atoms with Gasteiger partial charge in [0.25, 0.3) is 11.6 Å². The summed E-state index contributed by atoms with van der Waals surface area (Å²) in [6.07, 6.45) is 1.33. The highest BCUT2D eigenvalue weighted by Gasteiger charge is 2.13. The van der Waals surface area contributed by atoms with Gasteiger partial charge in [-0.3, -0.25) is 14.9 Å². The molecular formula is C14H10Cl2N4O3. The lowest BCUT2D eigenvalue weighted by Crippen LogP contribution is -2.18. The van der Waals surface area contributed by atoms with Crippen LogP contribution in [0.1, 0.15) is 15.9 Å². The molecule has 1 amide bonds. The van der Waals surface area contributed by atoms with E-state index >= 15 is 0 Å². The molecule has 0 radical (unpaired) electrons. The SMILES string of the molecule is Nc1cc(C(=O)N/N=C/c2ccc(Cl)cc2Cl)cc([N+](=O)[O-])c1. The number of amides is 1. The van der Waals surface area contributed by atoms with Crippen molar-refractivity contribution in [2.24, 2.45) is 5.10 Å². The van der Waals surface area contributed by atoms with Gasteiger partial charge >= 0.3 is 0 Å². The van der Waals surface area contributed by atoms with E-state index in [2.05, 4.69) is 10.5 Å². The number of nitro groups is 1. The molecule has 0 spiro atoms. The molecule has 0 aliphatic heterocycles. The first kappa shape index (κ1) is 16.7. The molecule has 0 aliphatic carbocycles. The number of nitrogen functional groups attached to an aromatic ring is 1. The maximum absolute atomic E-state index is 11.9. The Morgan fingerprint density at radius 2 is 2.00 bits per heavy atom. The lowest BCUT2D eigenvalue weighted by Gasteiger charge is -2.02. The van der Waals surface area contributed by atoms with Gasteiger partial charge < -0.3 is 5.73 Å². The van der Waals surface area contributed by atoms with Crippen molar-refractivity contribution in [3.8, 4) is 0 Å². The zero-order chi connectivity index (χ0) is 17.0. The number of benzene rings is 2. The molecular weight excluding hydrogens is 343 g/mol.